The summed E-state index contributed by atoms with van der Waals surface area (Å²) >= 11 is 3.34. The highest BCUT2D eigenvalue weighted by atomic mass is 79.9. The van der Waals surface area contributed by atoms with Crippen LogP contribution in [0.4, 0.5) is 4.39 Å². The van der Waals surface area contributed by atoms with Crippen LogP contribution >= 0.6 is 15.9 Å². The molecule has 0 N–H and O–H groups in total. The Morgan fingerprint density at radius 2 is 2.18 bits per heavy atom. The van der Waals surface area contributed by atoms with Gasteiger partial charge in [0.15, 0.2) is 0 Å². The Morgan fingerprint density at radius 3 is 2.82 bits per heavy atom. The van der Waals surface area contributed by atoms with Gasteiger partial charge < -0.3 is 9.64 Å². The number of benzene rings is 1. The number of nitrogens with zero attached hydrogens (tertiary/aromatic N) is 1. The quantitative estimate of drug-likeness (QED) is 0.783. The number of ether oxygens (including phenoxy) is 1. The van der Waals surface area contributed by atoms with Gasteiger partial charge in [-0.25, -0.2) is 4.39 Å². The zero-order valence-corrected chi connectivity index (χ0v) is 10.8. The van der Waals surface area contributed by atoms with Gasteiger partial charge in [0.25, 0.3) is 5.91 Å². The summed E-state index contributed by atoms with van der Waals surface area (Å²) < 4.78 is 18.2. The van der Waals surface area contributed by atoms with E-state index in [1.165, 1.54) is 24.3 Å². The number of hydrogen-bond donors (Lipinski definition) is 0. The summed E-state index contributed by atoms with van der Waals surface area (Å²) in [4.78, 5) is 13.8. The van der Waals surface area contributed by atoms with Crippen LogP contribution in [-0.2, 0) is 4.74 Å². The lowest BCUT2D eigenvalue weighted by molar-refractivity contribution is -0.00965. The Balaban J connectivity index is 2.06. The molecule has 92 valence electrons. The summed E-state index contributed by atoms with van der Waals surface area (Å²) in [6.07, 6.45) is 0.0353. The first-order chi connectivity index (χ1) is 8.20. The normalized spacial score (nSPS) is 20.4. The van der Waals surface area contributed by atoms with Crippen LogP contribution in [0.25, 0.3) is 0 Å². The molecule has 1 aromatic rings. The molecule has 0 aromatic heterocycles. The molecule has 17 heavy (non-hydrogen) atoms. The predicted octanol–water partition coefficient (Wildman–Crippen LogP) is 2.06. The summed E-state index contributed by atoms with van der Waals surface area (Å²) in [6, 6.07) is 5.62. The highest BCUT2D eigenvalue weighted by molar-refractivity contribution is 9.09. The van der Waals surface area contributed by atoms with Gasteiger partial charge in [0, 0.05) is 24.0 Å². The van der Waals surface area contributed by atoms with Gasteiger partial charge in [-0.2, -0.15) is 0 Å². The van der Waals surface area contributed by atoms with Gasteiger partial charge in [-0.15, -0.1) is 0 Å². The number of hydrogen-bond acceptors (Lipinski definition) is 2. The molecule has 0 radical (unpaired) electrons. The van der Waals surface area contributed by atoms with E-state index in [2.05, 4.69) is 15.9 Å². The second-order valence-corrected chi connectivity index (χ2v) is 4.55. The molecule has 1 aromatic carbocycles. The van der Waals surface area contributed by atoms with Crippen LogP contribution in [0.3, 0.4) is 0 Å². The van der Waals surface area contributed by atoms with E-state index in [9.17, 15) is 9.18 Å². The summed E-state index contributed by atoms with van der Waals surface area (Å²) in [5.41, 5.74) is 0.515. The second kappa shape index (κ2) is 5.60. The first kappa shape index (κ1) is 12.5. The van der Waals surface area contributed by atoms with E-state index in [-0.39, 0.29) is 17.8 Å². The van der Waals surface area contributed by atoms with Gasteiger partial charge in [0.2, 0.25) is 0 Å². The molecule has 0 bridgehead atoms. The van der Waals surface area contributed by atoms with Crippen molar-refractivity contribution in [3.05, 3.63) is 35.6 Å². The van der Waals surface area contributed by atoms with Gasteiger partial charge >= 0.3 is 0 Å². The van der Waals surface area contributed by atoms with Crippen LogP contribution in [0.5, 0.6) is 0 Å². The third kappa shape index (κ3) is 3.04. The Kier molecular flexibility index (Phi) is 4.12. The van der Waals surface area contributed by atoms with Crippen molar-refractivity contribution < 1.29 is 13.9 Å². The van der Waals surface area contributed by atoms with E-state index >= 15 is 0 Å². The van der Waals surface area contributed by atoms with Gasteiger partial charge in [-0.3, -0.25) is 4.79 Å². The molecule has 2 rings (SSSR count). The third-order valence-electron chi connectivity index (χ3n) is 2.69. The van der Waals surface area contributed by atoms with Gasteiger partial charge in [-0.05, 0) is 24.3 Å². The van der Waals surface area contributed by atoms with Crippen LogP contribution in [0.2, 0.25) is 0 Å². The number of alkyl halides is 1. The van der Waals surface area contributed by atoms with Gasteiger partial charge in [0.1, 0.15) is 5.82 Å². The van der Waals surface area contributed by atoms with Crippen molar-refractivity contribution >= 4 is 21.8 Å². The molecule has 1 aliphatic heterocycles. The number of carbonyl (C=O) groups is 1. The zero-order chi connectivity index (χ0) is 12.3. The van der Waals surface area contributed by atoms with Crippen molar-refractivity contribution in [2.24, 2.45) is 0 Å². The van der Waals surface area contributed by atoms with E-state index in [0.29, 0.717) is 30.6 Å². The first-order valence-electron chi connectivity index (χ1n) is 5.43. The average molecular weight is 302 g/mol. The highest BCUT2D eigenvalue weighted by Gasteiger charge is 2.24. The van der Waals surface area contributed by atoms with Crippen molar-refractivity contribution in [3.63, 3.8) is 0 Å². The standard InChI is InChI=1S/C12H13BrFNO2/c13-7-11-8-15(5-6-17-11)12(16)9-1-3-10(14)4-2-9/h1-4,11H,5-8H2. The summed E-state index contributed by atoms with van der Waals surface area (Å²) in [7, 11) is 0. The smallest absolute Gasteiger partial charge is 0.254 e. The van der Waals surface area contributed by atoms with E-state index < -0.39 is 0 Å². The molecule has 5 heteroatoms. The molecule has 1 atom stereocenters. The minimum atomic E-state index is -0.332. The lowest BCUT2D eigenvalue weighted by Gasteiger charge is -2.32. The zero-order valence-electron chi connectivity index (χ0n) is 9.23. The van der Waals surface area contributed by atoms with E-state index in [1.807, 2.05) is 0 Å². The molecule has 1 fully saturated rings. The lowest BCUT2D eigenvalue weighted by Crippen LogP contribution is -2.46. The minimum Gasteiger partial charge on any atom is -0.374 e. The molecule has 1 aliphatic rings. The highest BCUT2D eigenvalue weighted by Crippen LogP contribution is 2.12. The van der Waals surface area contributed by atoms with Gasteiger partial charge in [0.05, 0.1) is 12.7 Å². The monoisotopic (exact) mass is 301 g/mol. The topological polar surface area (TPSA) is 29.5 Å². The van der Waals surface area contributed by atoms with E-state index in [4.69, 9.17) is 4.74 Å². The Bertz CT molecular complexity index is 396. The Hall–Kier alpha value is -0.940. The van der Waals surface area contributed by atoms with Crippen molar-refractivity contribution in [1.82, 2.24) is 4.90 Å². The van der Waals surface area contributed by atoms with Gasteiger partial charge in [-0.1, -0.05) is 15.9 Å². The first-order valence-corrected chi connectivity index (χ1v) is 6.55. The molecule has 1 heterocycles. The summed E-state index contributed by atoms with van der Waals surface area (Å²) in [5.74, 6) is -0.402. The molecule has 1 amide bonds. The largest absolute Gasteiger partial charge is 0.374 e. The van der Waals surface area contributed by atoms with Crippen LogP contribution in [0.15, 0.2) is 24.3 Å². The Morgan fingerprint density at radius 1 is 1.47 bits per heavy atom. The number of carbonyl (C=O) groups excluding carboxylic acids is 1. The van der Waals surface area contributed by atoms with E-state index in [1.54, 1.807) is 4.90 Å². The second-order valence-electron chi connectivity index (χ2n) is 3.91. The molecule has 0 spiro atoms. The predicted molar refractivity (Wildman–Crippen MR) is 65.8 cm³/mol. The van der Waals surface area contributed by atoms with Crippen LogP contribution in [0.1, 0.15) is 10.4 Å². The maximum Gasteiger partial charge on any atom is 0.254 e. The number of morpholine rings is 1. The summed E-state index contributed by atoms with van der Waals surface area (Å²) in [6.45, 7) is 1.70. The number of halogens is 2. The molecule has 1 saturated heterocycles. The molecule has 3 nitrogen and oxygen atoms in total. The van der Waals surface area contributed by atoms with Crippen molar-refractivity contribution in [3.8, 4) is 0 Å². The fraction of sp³-hybridized carbons (Fsp3) is 0.417. The maximum absolute atomic E-state index is 12.8. The number of rotatable bonds is 2. The van der Waals surface area contributed by atoms with Crippen molar-refractivity contribution in [2.75, 3.05) is 25.0 Å². The minimum absolute atomic E-state index is 0.0353. The Labute approximate surface area is 108 Å². The molecular formula is C12H13BrFNO2. The average Bonchev–Trinajstić information content (AvgIpc) is 2.39. The summed E-state index contributed by atoms with van der Waals surface area (Å²) in [5, 5.41) is 0.709. The van der Waals surface area contributed by atoms with E-state index in [0.717, 1.165) is 0 Å². The SMILES string of the molecule is O=C(c1ccc(F)cc1)N1CCOC(CBr)C1. The lowest BCUT2D eigenvalue weighted by atomic mass is 10.1. The molecule has 1 unspecified atom stereocenters. The van der Waals surface area contributed by atoms with Crippen LogP contribution in [0, 0.1) is 5.82 Å². The van der Waals surface area contributed by atoms with Crippen molar-refractivity contribution in [2.45, 2.75) is 6.10 Å². The van der Waals surface area contributed by atoms with Crippen molar-refractivity contribution in [1.29, 1.82) is 0 Å². The fourth-order valence-corrected chi connectivity index (χ4v) is 2.16. The number of amides is 1. The fourth-order valence-electron chi connectivity index (χ4n) is 1.77. The molecule has 0 saturated carbocycles. The van der Waals surface area contributed by atoms with Crippen LogP contribution < -0.4 is 0 Å². The van der Waals surface area contributed by atoms with Crippen LogP contribution in [-0.4, -0.2) is 41.9 Å². The molecular weight excluding hydrogens is 289 g/mol. The third-order valence-corrected chi connectivity index (χ3v) is 3.41. The molecule has 0 aliphatic carbocycles. The maximum atomic E-state index is 12.8.